The summed E-state index contributed by atoms with van der Waals surface area (Å²) in [5.41, 5.74) is 1.74. The number of nitrogens with zero attached hydrogens (tertiary/aromatic N) is 1. The van der Waals surface area contributed by atoms with Crippen LogP contribution in [0.5, 0.6) is 0 Å². The normalized spacial score (nSPS) is 13.0. The second-order valence-corrected chi connectivity index (χ2v) is 9.16. The molecule has 1 heterocycles. The molecule has 2 aromatic rings. The molecule has 0 fully saturated rings. The van der Waals surface area contributed by atoms with E-state index in [0.29, 0.717) is 17.7 Å². The van der Waals surface area contributed by atoms with Crippen LogP contribution in [-0.2, 0) is 10.0 Å². The first-order valence-electron chi connectivity index (χ1n) is 8.20. The van der Waals surface area contributed by atoms with Gasteiger partial charge >= 0.3 is 0 Å². The molecule has 0 spiro atoms. The summed E-state index contributed by atoms with van der Waals surface area (Å²) in [6.45, 7) is 3.97. The van der Waals surface area contributed by atoms with E-state index in [-0.39, 0.29) is 16.8 Å². The SMILES string of the molecule is CNS(=O)(=O)c1cc(C(=O)NCC(c2cccs2)N(C)C)cc(C)c1C. The largest absolute Gasteiger partial charge is 0.350 e. The van der Waals surface area contributed by atoms with Crippen LogP contribution in [0.2, 0.25) is 0 Å². The van der Waals surface area contributed by atoms with Crippen molar-refractivity contribution in [3.63, 3.8) is 0 Å². The Morgan fingerprint density at radius 1 is 1.27 bits per heavy atom. The maximum absolute atomic E-state index is 12.6. The van der Waals surface area contributed by atoms with Crippen LogP contribution in [0.3, 0.4) is 0 Å². The maximum atomic E-state index is 12.6. The van der Waals surface area contributed by atoms with Crippen molar-refractivity contribution in [2.75, 3.05) is 27.7 Å². The third-order valence-corrected chi connectivity index (χ3v) is 6.91. The van der Waals surface area contributed by atoms with Gasteiger partial charge in [0.15, 0.2) is 0 Å². The van der Waals surface area contributed by atoms with Crippen LogP contribution in [0.4, 0.5) is 0 Å². The van der Waals surface area contributed by atoms with Crippen LogP contribution >= 0.6 is 11.3 Å². The molecule has 1 aromatic carbocycles. The molecule has 0 aliphatic rings. The minimum absolute atomic E-state index is 0.0611. The first-order chi connectivity index (χ1) is 12.2. The third-order valence-electron chi connectivity index (χ3n) is 4.39. The highest BCUT2D eigenvalue weighted by Gasteiger charge is 2.21. The predicted octanol–water partition coefficient (Wildman–Crippen LogP) is 2.31. The zero-order valence-electron chi connectivity index (χ0n) is 15.7. The molecule has 0 saturated heterocycles. The second kappa shape index (κ2) is 8.30. The van der Waals surface area contributed by atoms with E-state index in [0.717, 1.165) is 10.4 Å². The number of amides is 1. The summed E-state index contributed by atoms with van der Waals surface area (Å²) in [6, 6.07) is 7.23. The summed E-state index contributed by atoms with van der Waals surface area (Å²) >= 11 is 1.64. The molecular formula is C18H25N3O3S2. The number of carbonyl (C=O) groups excluding carboxylic acids is 1. The van der Waals surface area contributed by atoms with Gasteiger partial charge in [-0.15, -0.1) is 11.3 Å². The molecule has 142 valence electrons. The van der Waals surface area contributed by atoms with Gasteiger partial charge in [-0.25, -0.2) is 13.1 Å². The molecule has 1 atom stereocenters. The molecule has 1 unspecified atom stereocenters. The predicted molar refractivity (Wildman–Crippen MR) is 105 cm³/mol. The molecular weight excluding hydrogens is 370 g/mol. The van der Waals surface area contributed by atoms with Gasteiger partial charge in [0.25, 0.3) is 5.91 Å². The Morgan fingerprint density at radius 2 is 1.96 bits per heavy atom. The van der Waals surface area contributed by atoms with E-state index >= 15 is 0 Å². The number of hydrogen-bond donors (Lipinski definition) is 2. The van der Waals surface area contributed by atoms with Crippen LogP contribution in [0, 0.1) is 13.8 Å². The first kappa shape index (κ1) is 20.6. The molecule has 2 N–H and O–H groups in total. The van der Waals surface area contributed by atoms with Crippen LogP contribution in [0.1, 0.15) is 32.4 Å². The zero-order chi connectivity index (χ0) is 19.5. The molecule has 1 amide bonds. The molecule has 6 nitrogen and oxygen atoms in total. The van der Waals surface area contributed by atoms with E-state index in [4.69, 9.17) is 0 Å². The lowest BCUT2D eigenvalue weighted by Gasteiger charge is -2.23. The van der Waals surface area contributed by atoms with Crippen molar-refractivity contribution in [3.05, 3.63) is 51.2 Å². The number of thiophene rings is 1. The van der Waals surface area contributed by atoms with Gasteiger partial charge in [-0.2, -0.15) is 0 Å². The van der Waals surface area contributed by atoms with E-state index in [1.165, 1.54) is 13.1 Å². The lowest BCUT2D eigenvalue weighted by atomic mass is 10.1. The van der Waals surface area contributed by atoms with Crippen LogP contribution in [-0.4, -0.2) is 46.9 Å². The molecule has 0 saturated carbocycles. The first-order valence-corrected chi connectivity index (χ1v) is 10.6. The Hall–Kier alpha value is -1.74. The number of carbonyl (C=O) groups is 1. The fourth-order valence-corrected chi connectivity index (χ4v) is 4.65. The van der Waals surface area contributed by atoms with Crippen molar-refractivity contribution < 1.29 is 13.2 Å². The van der Waals surface area contributed by atoms with Crippen LogP contribution in [0.15, 0.2) is 34.5 Å². The summed E-state index contributed by atoms with van der Waals surface area (Å²) in [5, 5.41) is 4.93. The summed E-state index contributed by atoms with van der Waals surface area (Å²) in [6.07, 6.45) is 0. The highest BCUT2D eigenvalue weighted by atomic mass is 32.2. The van der Waals surface area contributed by atoms with E-state index in [1.807, 2.05) is 36.5 Å². The van der Waals surface area contributed by atoms with Gasteiger partial charge < -0.3 is 10.2 Å². The Bertz CT molecular complexity index is 875. The summed E-state index contributed by atoms with van der Waals surface area (Å²) < 4.78 is 26.7. The van der Waals surface area contributed by atoms with Crippen molar-refractivity contribution >= 4 is 27.3 Å². The Morgan fingerprint density at radius 3 is 2.50 bits per heavy atom. The number of hydrogen-bond acceptors (Lipinski definition) is 5. The van der Waals surface area contributed by atoms with Gasteiger partial charge in [0.2, 0.25) is 10.0 Å². The minimum Gasteiger partial charge on any atom is -0.350 e. The number of aryl methyl sites for hydroxylation is 1. The van der Waals surface area contributed by atoms with Crippen molar-refractivity contribution in [3.8, 4) is 0 Å². The van der Waals surface area contributed by atoms with Gasteiger partial charge in [-0.3, -0.25) is 4.79 Å². The molecule has 0 radical (unpaired) electrons. The van der Waals surface area contributed by atoms with Crippen LogP contribution in [0.25, 0.3) is 0 Å². The molecule has 26 heavy (non-hydrogen) atoms. The monoisotopic (exact) mass is 395 g/mol. The lowest BCUT2D eigenvalue weighted by Crippen LogP contribution is -2.34. The van der Waals surface area contributed by atoms with Gasteiger partial charge in [0.1, 0.15) is 0 Å². The van der Waals surface area contributed by atoms with E-state index in [2.05, 4.69) is 10.0 Å². The molecule has 2 rings (SSSR count). The molecule has 1 aromatic heterocycles. The minimum atomic E-state index is -3.62. The van der Waals surface area contributed by atoms with Crippen molar-refractivity contribution in [2.45, 2.75) is 24.8 Å². The van der Waals surface area contributed by atoms with E-state index in [1.54, 1.807) is 31.3 Å². The quantitative estimate of drug-likeness (QED) is 0.754. The van der Waals surface area contributed by atoms with Crippen molar-refractivity contribution in [1.29, 1.82) is 0 Å². The number of sulfonamides is 1. The standard InChI is InChI=1S/C18H25N3O3S2/c1-12-9-14(10-17(13(12)2)26(23,24)19-3)18(22)20-11-15(21(4)5)16-7-6-8-25-16/h6-10,15,19H,11H2,1-5H3,(H,20,22). The van der Waals surface area contributed by atoms with Crippen LogP contribution < -0.4 is 10.0 Å². The second-order valence-electron chi connectivity index (χ2n) is 6.33. The molecule has 8 heteroatoms. The Kier molecular flexibility index (Phi) is 6.57. The van der Waals surface area contributed by atoms with Gasteiger partial charge in [0.05, 0.1) is 10.9 Å². The fourth-order valence-electron chi connectivity index (χ4n) is 2.66. The average Bonchev–Trinajstić information content (AvgIpc) is 3.10. The van der Waals surface area contributed by atoms with Crippen molar-refractivity contribution in [1.82, 2.24) is 14.9 Å². The topological polar surface area (TPSA) is 78.5 Å². The smallest absolute Gasteiger partial charge is 0.251 e. The van der Waals surface area contributed by atoms with Gasteiger partial charge in [0, 0.05) is 17.0 Å². The molecule has 0 bridgehead atoms. The number of benzene rings is 1. The number of nitrogens with one attached hydrogen (secondary N) is 2. The van der Waals surface area contributed by atoms with Gasteiger partial charge in [-0.05, 0) is 69.7 Å². The fraction of sp³-hybridized carbons (Fsp3) is 0.389. The lowest BCUT2D eigenvalue weighted by molar-refractivity contribution is 0.0942. The van der Waals surface area contributed by atoms with Gasteiger partial charge in [-0.1, -0.05) is 6.07 Å². The molecule has 0 aliphatic carbocycles. The summed E-state index contributed by atoms with van der Waals surface area (Å²) in [7, 11) is 1.66. The average molecular weight is 396 g/mol. The highest BCUT2D eigenvalue weighted by Crippen LogP contribution is 2.23. The summed E-state index contributed by atoms with van der Waals surface area (Å²) in [4.78, 5) is 16.0. The zero-order valence-corrected chi connectivity index (χ0v) is 17.3. The van der Waals surface area contributed by atoms with Crippen molar-refractivity contribution in [2.24, 2.45) is 0 Å². The maximum Gasteiger partial charge on any atom is 0.251 e. The third kappa shape index (κ3) is 4.50. The highest BCUT2D eigenvalue weighted by molar-refractivity contribution is 7.89. The van der Waals surface area contributed by atoms with E-state index < -0.39 is 10.0 Å². The summed E-state index contributed by atoms with van der Waals surface area (Å²) in [5.74, 6) is -0.288. The Labute approximate surface area is 159 Å². The number of rotatable bonds is 7. The van der Waals surface area contributed by atoms with E-state index in [9.17, 15) is 13.2 Å². The molecule has 0 aliphatic heterocycles. The Balaban J connectivity index is 2.25. The number of likely N-dealkylation sites (N-methyl/N-ethyl adjacent to an activating group) is 1.